The van der Waals surface area contributed by atoms with Crippen molar-refractivity contribution in [1.82, 2.24) is 10.6 Å². The highest BCUT2D eigenvalue weighted by molar-refractivity contribution is 8.00. The Balaban J connectivity index is 0.00000220. The molecule has 1 amide bonds. The topological polar surface area (TPSA) is 41.1 Å². The first-order valence-electron chi connectivity index (χ1n) is 7.00. The van der Waals surface area contributed by atoms with E-state index in [0.29, 0.717) is 10.9 Å². The van der Waals surface area contributed by atoms with Crippen LogP contribution >= 0.6 is 35.8 Å². The molecule has 1 aromatic rings. The third-order valence-electron chi connectivity index (χ3n) is 3.66. The maximum atomic E-state index is 12.3. The lowest BCUT2D eigenvalue weighted by Gasteiger charge is -2.31. The number of piperidine rings is 1. The van der Waals surface area contributed by atoms with E-state index in [2.05, 4.69) is 17.6 Å². The van der Waals surface area contributed by atoms with Crippen LogP contribution in [-0.4, -0.2) is 30.3 Å². The summed E-state index contributed by atoms with van der Waals surface area (Å²) in [6.07, 6.45) is 1.11. The average molecular weight is 349 g/mol. The lowest BCUT2D eigenvalue weighted by molar-refractivity contribution is -0.121. The van der Waals surface area contributed by atoms with Crippen molar-refractivity contribution >= 4 is 41.7 Å². The molecule has 1 aromatic carbocycles. The molecule has 0 spiro atoms. The van der Waals surface area contributed by atoms with Crippen LogP contribution in [0.4, 0.5) is 0 Å². The van der Waals surface area contributed by atoms with Crippen molar-refractivity contribution in [3.8, 4) is 0 Å². The van der Waals surface area contributed by atoms with Crippen molar-refractivity contribution in [1.29, 1.82) is 0 Å². The molecule has 0 radical (unpaired) electrons. The van der Waals surface area contributed by atoms with Gasteiger partial charge in [0.1, 0.15) is 0 Å². The van der Waals surface area contributed by atoms with Gasteiger partial charge in [-0.1, -0.05) is 30.7 Å². The van der Waals surface area contributed by atoms with Crippen LogP contribution in [0, 0.1) is 5.92 Å². The Bertz CT molecular complexity index is 473. The van der Waals surface area contributed by atoms with E-state index in [0.717, 1.165) is 24.4 Å². The lowest BCUT2D eigenvalue weighted by Crippen LogP contribution is -2.51. The van der Waals surface area contributed by atoms with Crippen LogP contribution in [0.2, 0.25) is 5.02 Å². The highest BCUT2D eigenvalue weighted by Gasteiger charge is 2.25. The van der Waals surface area contributed by atoms with Crippen LogP contribution in [0.3, 0.4) is 0 Å². The quantitative estimate of drug-likeness (QED) is 0.819. The van der Waals surface area contributed by atoms with Gasteiger partial charge in [-0.05, 0) is 37.9 Å². The molecule has 0 aliphatic carbocycles. The zero-order valence-corrected chi connectivity index (χ0v) is 14.7. The fourth-order valence-corrected chi connectivity index (χ4v) is 3.43. The van der Waals surface area contributed by atoms with E-state index in [1.807, 2.05) is 31.2 Å². The molecule has 1 fully saturated rings. The van der Waals surface area contributed by atoms with Gasteiger partial charge in [0.05, 0.1) is 10.3 Å². The van der Waals surface area contributed by atoms with Crippen molar-refractivity contribution in [3.05, 3.63) is 29.3 Å². The SMILES string of the molecule is CC(Sc1ccccc1Cl)C(=O)NC1CNCCC1C.Cl. The number of hydrogen-bond donors (Lipinski definition) is 2. The van der Waals surface area contributed by atoms with Crippen molar-refractivity contribution in [2.45, 2.75) is 36.5 Å². The van der Waals surface area contributed by atoms with Crippen LogP contribution in [0.15, 0.2) is 29.2 Å². The Morgan fingerprint density at radius 3 is 2.86 bits per heavy atom. The van der Waals surface area contributed by atoms with E-state index >= 15 is 0 Å². The summed E-state index contributed by atoms with van der Waals surface area (Å²) in [5, 5.41) is 7.02. The Hall–Kier alpha value is -0.420. The number of halogens is 2. The number of amides is 1. The number of benzene rings is 1. The Morgan fingerprint density at radius 2 is 2.19 bits per heavy atom. The van der Waals surface area contributed by atoms with Crippen molar-refractivity contribution in [3.63, 3.8) is 0 Å². The Morgan fingerprint density at radius 1 is 1.48 bits per heavy atom. The van der Waals surface area contributed by atoms with Gasteiger partial charge in [-0.2, -0.15) is 0 Å². The summed E-state index contributed by atoms with van der Waals surface area (Å²) in [5.74, 6) is 0.605. The molecule has 3 nitrogen and oxygen atoms in total. The molecule has 3 unspecified atom stereocenters. The van der Waals surface area contributed by atoms with Gasteiger partial charge in [-0.15, -0.1) is 24.2 Å². The van der Waals surface area contributed by atoms with Gasteiger partial charge in [-0.25, -0.2) is 0 Å². The average Bonchev–Trinajstić information content (AvgIpc) is 2.43. The highest BCUT2D eigenvalue weighted by Crippen LogP contribution is 2.30. The maximum Gasteiger partial charge on any atom is 0.233 e. The van der Waals surface area contributed by atoms with E-state index < -0.39 is 0 Å². The first-order valence-corrected chi connectivity index (χ1v) is 8.26. The van der Waals surface area contributed by atoms with Gasteiger partial charge in [0.2, 0.25) is 5.91 Å². The fourth-order valence-electron chi connectivity index (χ4n) is 2.27. The summed E-state index contributed by atoms with van der Waals surface area (Å²) in [6.45, 7) is 6.01. The molecule has 1 heterocycles. The van der Waals surface area contributed by atoms with E-state index in [4.69, 9.17) is 11.6 Å². The number of thioether (sulfide) groups is 1. The molecule has 1 aliphatic heterocycles. The second-order valence-corrected chi connectivity index (χ2v) is 7.07. The third-order valence-corrected chi connectivity index (χ3v) is 5.28. The van der Waals surface area contributed by atoms with Crippen molar-refractivity contribution < 1.29 is 4.79 Å². The third kappa shape index (κ3) is 5.37. The standard InChI is InChI=1S/C15H21ClN2OS.ClH/c1-10-7-8-17-9-13(10)18-15(19)11(2)20-14-6-4-3-5-12(14)16;/h3-6,10-11,13,17H,7-9H2,1-2H3,(H,18,19);1H. The summed E-state index contributed by atoms with van der Waals surface area (Å²) in [6, 6.07) is 7.85. The number of rotatable bonds is 4. The predicted octanol–water partition coefficient (Wildman–Crippen LogP) is 3.36. The molecule has 0 saturated carbocycles. The van der Waals surface area contributed by atoms with Crippen molar-refractivity contribution in [2.24, 2.45) is 5.92 Å². The monoisotopic (exact) mass is 348 g/mol. The highest BCUT2D eigenvalue weighted by atomic mass is 35.5. The second-order valence-electron chi connectivity index (χ2n) is 5.28. The maximum absolute atomic E-state index is 12.3. The molecular formula is C15H22Cl2N2OS. The van der Waals surface area contributed by atoms with Crippen LogP contribution in [0.5, 0.6) is 0 Å². The number of carbonyl (C=O) groups excluding carboxylic acids is 1. The molecular weight excluding hydrogens is 327 g/mol. The summed E-state index contributed by atoms with van der Waals surface area (Å²) in [7, 11) is 0. The van der Waals surface area contributed by atoms with E-state index in [-0.39, 0.29) is 29.6 Å². The predicted molar refractivity (Wildman–Crippen MR) is 92.6 cm³/mol. The first-order chi connectivity index (χ1) is 9.58. The summed E-state index contributed by atoms with van der Waals surface area (Å²) < 4.78 is 0. The van der Waals surface area contributed by atoms with Gasteiger partial charge >= 0.3 is 0 Å². The largest absolute Gasteiger partial charge is 0.351 e. The zero-order valence-electron chi connectivity index (χ0n) is 12.3. The smallest absolute Gasteiger partial charge is 0.233 e. The number of carbonyl (C=O) groups is 1. The molecule has 21 heavy (non-hydrogen) atoms. The normalized spacial score (nSPS) is 23.0. The van der Waals surface area contributed by atoms with E-state index in [9.17, 15) is 4.79 Å². The Kier molecular flexibility index (Phi) is 7.88. The minimum atomic E-state index is -0.149. The summed E-state index contributed by atoms with van der Waals surface area (Å²) in [4.78, 5) is 13.2. The van der Waals surface area contributed by atoms with Crippen LogP contribution < -0.4 is 10.6 Å². The molecule has 2 rings (SSSR count). The Labute approximate surface area is 142 Å². The van der Waals surface area contributed by atoms with Crippen LogP contribution in [0.25, 0.3) is 0 Å². The molecule has 3 atom stereocenters. The van der Waals surface area contributed by atoms with E-state index in [1.54, 1.807) is 0 Å². The molecule has 0 aromatic heterocycles. The molecule has 0 bridgehead atoms. The second kappa shape index (κ2) is 8.89. The molecule has 6 heteroatoms. The lowest BCUT2D eigenvalue weighted by atomic mass is 9.95. The van der Waals surface area contributed by atoms with Gasteiger partial charge in [0.25, 0.3) is 0 Å². The minimum absolute atomic E-state index is 0. The fraction of sp³-hybridized carbons (Fsp3) is 0.533. The van der Waals surface area contributed by atoms with Crippen molar-refractivity contribution in [2.75, 3.05) is 13.1 Å². The van der Waals surface area contributed by atoms with Gasteiger partial charge in [0, 0.05) is 17.5 Å². The molecule has 2 N–H and O–H groups in total. The summed E-state index contributed by atoms with van der Waals surface area (Å²) >= 11 is 7.63. The van der Waals surface area contributed by atoms with Gasteiger partial charge in [0.15, 0.2) is 0 Å². The zero-order chi connectivity index (χ0) is 14.5. The molecule has 1 aliphatic rings. The number of hydrogen-bond acceptors (Lipinski definition) is 3. The molecule has 1 saturated heterocycles. The van der Waals surface area contributed by atoms with Gasteiger partial charge < -0.3 is 10.6 Å². The number of nitrogens with one attached hydrogen (secondary N) is 2. The minimum Gasteiger partial charge on any atom is -0.351 e. The van der Waals surface area contributed by atoms with Crippen LogP contribution in [0.1, 0.15) is 20.3 Å². The van der Waals surface area contributed by atoms with Gasteiger partial charge in [-0.3, -0.25) is 4.79 Å². The molecule has 118 valence electrons. The van der Waals surface area contributed by atoms with Crippen LogP contribution in [-0.2, 0) is 4.79 Å². The summed E-state index contributed by atoms with van der Waals surface area (Å²) in [5.41, 5.74) is 0. The first kappa shape index (κ1) is 18.6. The van der Waals surface area contributed by atoms with E-state index in [1.165, 1.54) is 11.8 Å².